The largest absolute Gasteiger partial charge is 0.309 e. The molecule has 1 atom stereocenters. The van der Waals surface area contributed by atoms with E-state index in [0.717, 1.165) is 18.5 Å². The summed E-state index contributed by atoms with van der Waals surface area (Å²) >= 11 is 0. The lowest BCUT2D eigenvalue weighted by molar-refractivity contribution is -0.384. The summed E-state index contributed by atoms with van der Waals surface area (Å²) in [4.78, 5) is 10.5. The van der Waals surface area contributed by atoms with Crippen molar-refractivity contribution in [1.29, 1.82) is 0 Å². The quantitative estimate of drug-likeness (QED) is 0.571. The minimum Gasteiger partial charge on any atom is -0.309 e. The molecule has 1 unspecified atom stereocenters. The summed E-state index contributed by atoms with van der Waals surface area (Å²) in [5.41, 5.74) is 1.70. The van der Waals surface area contributed by atoms with Crippen LogP contribution >= 0.6 is 0 Å². The molecule has 4 heteroatoms. The van der Waals surface area contributed by atoms with Gasteiger partial charge in [-0.05, 0) is 36.7 Å². The number of hydrogen-bond donors (Lipinski definition) is 1. The molecule has 1 aliphatic rings. The van der Waals surface area contributed by atoms with Crippen LogP contribution in [0.15, 0.2) is 24.3 Å². The summed E-state index contributed by atoms with van der Waals surface area (Å²) in [6.07, 6.45) is 6.10. The van der Waals surface area contributed by atoms with Gasteiger partial charge in [-0.1, -0.05) is 32.4 Å². The van der Waals surface area contributed by atoms with Crippen LogP contribution in [0.1, 0.15) is 57.6 Å². The van der Waals surface area contributed by atoms with Gasteiger partial charge in [0.15, 0.2) is 0 Å². The summed E-state index contributed by atoms with van der Waals surface area (Å²) in [6.45, 7) is 5.38. The molecule has 0 radical (unpaired) electrons. The maximum Gasteiger partial charge on any atom is 0.269 e. The molecule has 110 valence electrons. The molecule has 0 aliphatic heterocycles. The van der Waals surface area contributed by atoms with Gasteiger partial charge in [-0.2, -0.15) is 0 Å². The Morgan fingerprint density at radius 3 is 2.70 bits per heavy atom. The zero-order valence-corrected chi connectivity index (χ0v) is 12.4. The van der Waals surface area contributed by atoms with Gasteiger partial charge in [0.2, 0.25) is 0 Å². The smallest absolute Gasteiger partial charge is 0.269 e. The molecule has 1 aromatic rings. The molecule has 1 N–H and O–H groups in total. The Labute approximate surface area is 120 Å². The van der Waals surface area contributed by atoms with Gasteiger partial charge in [-0.15, -0.1) is 0 Å². The number of nitrogens with zero attached hydrogens (tertiary/aromatic N) is 1. The van der Waals surface area contributed by atoms with Crippen LogP contribution in [0.2, 0.25) is 0 Å². The fraction of sp³-hybridized carbons (Fsp3) is 0.625. The van der Waals surface area contributed by atoms with E-state index in [1.807, 2.05) is 6.07 Å². The Balaban J connectivity index is 2.01. The third-order valence-corrected chi connectivity index (χ3v) is 4.35. The molecule has 1 saturated carbocycles. The highest BCUT2D eigenvalue weighted by molar-refractivity contribution is 5.35. The molecule has 1 aromatic carbocycles. The molecule has 0 spiro atoms. The molecule has 0 heterocycles. The first kappa shape index (κ1) is 15.0. The lowest BCUT2D eigenvalue weighted by atomic mass is 9.98. The average Bonchev–Trinajstić information content (AvgIpc) is 3.20. The van der Waals surface area contributed by atoms with E-state index in [-0.39, 0.29) is 16.7 Å². The van der Waals surface area contributed by atoms with Crippen molar-refractivity contribution < 1.29 is 4.92 Å². The van der Waals surface area contributed by atoms with E-state index < -0.39 is 0 Å². The third-order valence-electron chi connectivity index (χ3n) is 4.35. The second-order valence-electron chi connectivity index (χ2n) is 5.94. The molecule has 0 aromatic heterocycles. The van der Waals surface area contributed by atoms with Gasteiger partial charge in [0, 0.05) is 24.7 Å². The van der Waals surface area contributed by atoms with Gasteiger partial charge in [-0.25, -0.2) is 0 Å². The van der Waals surface area contributed by atoms with Gasteiger partial charge in [0.1, 0.15) is 0 Å². The molecule has 1 aliphatic carbocycles. The van der Waals surface area contributed by atoms with Crippen molar-refractivity contribution in [2.24, 2.45) is 5.41 Å². The molecule has 0 saturated heterocycles. The molecule has 0 bridgehead atoms. The number of hydrogen-bond acceptors (Lipinski definition) is 3. The highest BCUT2D eigenvalue weighted by atomic mass is 16.6. The second kappa shape index (κ2) is 6.35. The van der Waals surface area contributed by atoms with Crippen LogP contribution in [-0.4, -0.2) is 11.5 Å². The van der Waals surface area contributed by atoms with E-state index in [1.165, 1.54) is 25.7 Å². The lowest BCUT2D eigenvalue weighted by Crippen LogP contribution is -2.28. The first-order valence-corrected chi connectivity index (χ1v) is 7.58. The minimum absolute atomic E-state index is 0.178. The van der Waals surface area contributed by atoms with Crippen molar-refractivity contribution in [1.82, 2.24) is 5.32 Å². The van der Waals surface area contributed by atoms with Gasteiger partial charge < -0.3 is 5.32 Å². The van der Waals surface area contributed by atoms with E-state index in [4.69, 9.17) is 0 Å². The Bertz CT molecular complexity index is 469. The molecule has 0 amide bonds. The summed E-state index contributed by atoms with van der Waals surface area (Å²) in [7, 11) is 0. The maximum atomic E-state index is 10.9. The van der Waals surface area contributed by atoms with Crippen LogP contribution in [0.4, 0.5) is 5.69 Å². The number of benzene rings is 1. The van der Waals surface area contributed by atoms with E-state index >= 15 is 0 Å². The van der Waals surface area contributed by atoms with E-state index in [1.54, 1.807) is 18.2 Å². The summed E-state index contributed by atoms with van der Waals surface area (Å²) in [5, 5.41) is 14.5. The lowest BCUT2D eigenvalue weighted by Gasteiger charge is -2.22. The predicted octanol–water partition coefficient (Wildman–Crippen LogP) is 4.22. The van der Waals surface area contributed by atoms with Crippen LogP contribution in [0.25, 0.3) is 0 Å². The zero-order chi connectivity index (χ0) is 14.6. The van der Waals surface area contributed by atoms with Gasteiger partial charge in [0.25, 0.3) is 5.69 Å². The minimum atomic E-state index is -0.324. The summed E-state index contributed by atoms with van der Waals surface area (Å²) in [5.74, 6) is 0. The van der Waals surface area contributed by atoms with Crippen molar-refractivity contribution in [2.75, 3.05) is 6.54 Å². The molecule has 1 fully saturated rings. The number of nitrogens with one attached hydrogen (secondary N) is 1. The van der Waals surface area contributed by atoms with E-state index in [0.29, 0.717) is 5.41 Å². The van der Waals surface area contributed by atoms with Crippen LogP contribution < -0.4 is 5.32 Å². The third kappa shape index (κ3) is 3.57. The predicted molar refractivity (Wildman–Crippen MR) is 80.7 cm³/mol. The Hall–Kier alpha value is -1.42. The monoisotopic (exact) mass is 276 g/mol. The standard InChI is InChI=1S/C16H24N2O2/c1-3-8-16(9-10-16)12-17-15(4-2)13-6-5-7-14(11-13)18(19)20/h5-7,11,15,17H,3-4,8-10,12H2,1-2H3. The van der Waals surface area contributed by atoms with Crippen LogP contribution in [0.3, 0.4) is 0 Å². The molecular weight excluding hydrogens is 252 g/mol. The average molecular weight is 276 g/mol. The number of nitro benzene ring substituents is 1. The highest BCUT2D eigenvalue weighted by Crippen LogP contribution is 2.49. The van der Waals surface area contributed by atoms with Crippen molar-refractivity contribution in [2.45, 2.75) is 52.0 Å². The maximum absolute atomic E-state index is 10.9. The number of non-ortho nitro benzene ring substituents is 1. The van der Waals surface area contributed by atoms with Gasteiger partial charge in [-0.3, -0.25) is 10.1 Å². The zero-order valence-electron chi connectivity index (χ0n) is 12.4. The highest BCUT2D eigenvalue weighted by Gasteiger charge is 2.41. The summed E-state index contributed by atoms with van der Waals surface area (Å²) in [6, 6.07) is 7.21. The van der Waals surface area contributed by atoms with Crippen molar-refractivity contribution in [3.05, 3.63) is 39.9 Å². The van der Waals surface area contributed by atoms with Gasteiger partial charge >= 0.3 is 0 Å². The van der Waals surface area contributed by atoms with Crippen LogP contribution in [0.5, 0.6) is 0 Å². The van der Waals surface area contributed by atoms with E-state index in [9.17, 15) is 10.1 Å². The summed E-state index contributed by atoms with van der Waals surface area (Å²) < 4.78 is 0. The first-order chi connectivity index (χ1) is 9.60. The van der Waals surface area contributed by atoms with Crippen molar-refractivity contribution in [3.63, 3.8) is 0 Å². The second-order valence-corrected chi connectivity index (χ2v) is 5.94. The fourth-order valence-corrected chi connectivity index (χ4v) is 2.91. The van der Waals surface area contributed by atoms with E-state index in [2.05, 4.69) is 19.2 Å². The van der Waals surface area contributed by atoms with Crippen LogP contribution in [-0.2, 0) is 0 Å². The first-order valence-electron chi connectivity index (χ1n) is 7.58. The SMILES string of the molecule is CCCC1(CNC(CC)c2cccc([N+](=O)[O-])c2)CC1. The number of nitro groups is 1. The Morgan fingerprint density at radius 2 is 2.15 bits per heavy atom. The number of rotatable bonds is 8. The molecular formula is C16H24N2O2. The fourth-order valence-electron chi connectivity index (χ4n) is 2.91. The Kier molecular flexibility index (Phi) is 4.76. The molecule has 4 nitrogen and oxygen atoms in total. The van der Waals surface area contributed by atoms with Crippen LogP contribution in [0, 0.1) is 15.5 Å². The topological polar surface area (TPSA) is 55.2 Å². The van der Waals surface area contributed by atoms with Crippen molar-refractivity contribution >= 4 is 5.69 Å². The van der Waals surface area contributed by atoms with Crippen molar-refractivity contribution in [3.8, 4) is 0 Å². The van der Waals surface area contributed by atoms with Gasteiger partial charge in [0.05, 0.1) is 4.92 Å². The molecule has 20 heavy (non-hydrogen) atoms. The normalized spacial score (nSPS) is 17.7. The Morgan fingerprint density at radius 1 is 1.40 bits per heavy atom. The molecule has 2 rings (SSSR count).